The van der Waals surface area contributed by atoms with Gasteiger partial charge in [0.1, 0.15) is 24.4 Å². The lowest BCUT2D eigenvalue weighted by atomic mass is 10.0. The topological polar surface area (TPSA) is 136 Å². The zero-order valence-electron chi connectivity index (χ0n) is 9.58. The number of hydrogen-bond donors (Lipinski definition) is 5. The van der Waals surface area contributed by atoms with Crippen LogP contribution in [-0.2, 0) is 4.74 Å². The molecule has 2 rings (SSSR count). The van der Waals surface area contributed by atoms with E-state index in [1.165, 1.54) is 6.92 Å². The summed E-state index contributed by atoms with van der Waals surface area (Å²) in [5.74, 6) is 0. The molecule has 5 N–H and O–H groups in total. The van der Waals surface area contributed by atoms with Gasteiger partial charge >= 0.3 is 5.69 Å². The summed E-state index contributed by atoms with van der Waals surface area (Å²) in [6.07, 6.45) is -4.67. The Labute approximate surface area is 101 Å². The Bertz CT molecular complexity index is 550. The fraction of sp³-hybridized carbons (Fsp3) is 0.600. The number of aromatic amines is 2. The summed E-state index contributed by atoms with van der Waals surface area (Å²) in [6, 6.07) is 0. The van der Waals surface area contributed by atoms with Crippen LogP contribution < -0.4 is 11.2 Å². The van der Waals surface area contributed by atoms with E-state index in [9.17, 15) is 19.8 Å². The van der Waals surface area contributed by atoms with Gasteiger partial charge in [0.05, 0.1) is 12.2 Å². The van der Waals surface area contributed by atoms with Gasteiger partial charge in [-0.25, -0.2) is 4.79 Å². The fourth-order valence-corrected chi connectivity index (χ4v) is 2.09. The van der Waals surface area contributed by atoms with Gasteiger partial charge in [-0.15, -0.1) is 0 Å². The van der Waals surface area contributed by atoms with Gasteiger partial charge in [-0.2, -0.15) is 0 Å². The van der Waals surface area contributed by atoms with Crippen molar-refractivity contribution in [2.45, 2.75) is 31.3 Å². The summed E-state index contributed by atoms with van der Waals surface area (Å²) in [4.78, 5) is 27.1. The van der Waals surface area contributed by atoms with E-state index in [4.69, 9.17) is 9.84 Å². The number of aromatic nitrogens is 2. The van der Waals surface area contributed by atoms with Crippen molar-refractivity contribution in [3.05, 3.63) is 32.1 Å². The fourth-order valence-electron chi connectivity index (χ4n) is 2.09. The van der Waals surface area contributed by atoms with Gasteiger partial charge < -0.3 is 25.0 Å². The predicted octanol–water partition coefficient (Wildman–Crippen LogP) is -2.47. The molecule has 0 saturated carbocycles. The third-order valence-corrected chi connectivity index (χ3v) is 3.00. The molecule has 0 amide bonds. The van der Waals surface area contributed by atoms with E-state index < -0.39 is 42.3 Å². The van der Waals surface area contributed by atoms with Crippen LogP contribution in [0.4, 0.5) is 0 Å². The lowest BCUT2D eigenvalue weighted by Crippen LogP contribution is -2.34. The van der Waals surface area contributed by atoms with Crippen LogP contribution in [0.5, 0.6) is 0 Å². The van der Waals surface area contributed by atoms with Gasteiger partial charge in [0.2, 0.25) is 0 Å². The maximum Gasteiger partial charge on any atom is 0.325 e. The molecule has 2 heterocycles. The first-order valence-electron chi connectivity index (χ1n) is 5.41. The number of rotatable bonds is 2. The average molecular weight is 258 g/mol. The first kappa shape index (κ1) is 13.0. The van der Waals surface area contributed by atoms with Crippen molar-refractivity contribution in [1.82, 2.24) is 9.97 Å². The Balaban J connectivity index is 2.45. The van der Waals surface area contributed by atoms with E-state index in [-0.39, 0.29) is 11.3 Å². The molecule has 8 nitrogen and oxygen atoms in total. The van der Waals surface area contributed by atoms with Gasteiger partial charge in [-0.05, 0) is 6.92 Å². The van der Waals surface area contributed by atoms with Crippen LogP contribution >= 0.6 is 0 Å². The molecule has 100 valence electrons. The van der Waals surface area contributed by atoms with Gasteiger partial charge in [-0.1, -0.05) is 0 Å². The molecule has 0 spiro atoms. The zero-order chi connectivity index (χ0) is 13.4. The SMILES string of the molecule is Cc1[nH]c(=O)[nH]c(=O)c1[C@@H]1O[C@H](CO)C(O)C1O. The maximum absolute atomic E-state index is 11.7. The second kappa shape index (κ2) is 4.65. The molecule has 1 aromatic rings. The van der Waals surface area contributed by atoms with Crippen molar-refractivity contribution in [3.63, 3.8) is 0 Å². The number of aliphatic hydroxyl groups excluding tert-OH is 3. The molecule has 1 aromatic heterocycles. The Morgan fingerprint density at radius 2 is 1.89 bits per heavy atom. The first-order chi connectivity index (χ1) is 8.45. The van der Waals surface area contributed by atoms with Crippen LogP contribution in [0.2, 0.25) is 0 Å². The number of hydrogen-bond acceptors (Lipinski definition) is 6. The molecule has 18 heavy (non-hydrogen) atoms. The zero-order valence-corrected chi connectivity index (χ0v) is 9.58. The number of aliphatic hydroxyl groups is 3. The number of aryl methyl sites for hydroxylation is 1. The van der Waals surface area contributed by atoms with Gasteiger partial charge in [0, 0.05) is 5.69 Å². The number of H-pyrrole nitrogens is 2. The minimum atomic E-state index is -1.34. The normalized spacial score (nSPS) is 31.8. The Kier molecular flexibility index (Phi) is 3.35. The molecule has 1 aliphatic heterocycles. The van der Waals surface area contributed by atoms with Crippen molar-refractivity contribution in [2.24, 2.45) is 0 Å². The molecular weight excluding hydrogens is 244 g/mol. The standard InChI is InChI=1S/C10H14N2O6/c1-3-5(9(16)12-10(17)11-3)8-7(15)6(14)4(2-13)18-8/h4,6-8,13-15H,2H2,1H3,(H2,11,12,16,17)/t4-,6?,7?,8+/m1/s1. The van der Waals surface area contributed by atoms with Crippen molar-refractivity contribution in [3.8, 4) is 0 Å². The van der Waals surface area contributed by atoms with E-state index in [0.29, 0.717) is 0 Å². The predicted molar refractivity (Wildman–Crippen MR) is 59.1 cm³/mol. The minimum absolute atomic E-state index is 0.0390. The van der Waals surface area contributed by atoms with Crippen molar-refractivity contribution in [2.75, 3.05) is 6.61 Å². The first-order valence-corrected chi connectivity index (χ1v) is 5.41. The second-order valence-corrected chi connectivity index (χ2v) is 4.21. The molecule has 1 saturated heterocycles. The second-order valence-electron chi connectivity index (χ2n) is 4.21. The van der Waals surface area contributed by atoms with Crippen LogP contribution in [0.25, 0.3) is 0 Å². The van der Waals surface area contributed by atoms with Gasteiger partial charge in [0.15, 0.2) is 0 Å². The number of ether oxygens (including phenoxy) is 1. The van der Waals surface area contributed by atoms with E-state index in [1.807, 2.05) is 4.98 Å². The highest BCUT2D eigenvalue weighted by molar-refractivity contribution is 5.21. The molecule has 4 atom stereocenters. The summed E-state index contributed by atoms with van der Waals surface area (Å²) < 4.78 is 5.23. The van der Waals surface area contributed by atoms with Crippen LogP contribution in [0.1, 0.15) is 17.4 Å². The van der Waals surface area contributed by atoms with Gasteiger partial charge in [0.25, 0.3) is 5.56 Å². The van der Waals surface area contributed by atoms with Crippen molar-refractivity contribution >= 4 is 0 Å². The van der Waals surface area contributed by atoms with Crippen LogP contribution in [0.3, 0.4) is 0 Å². The summed E-state index contributed by atoms with van der Waals surface area (Å²) in [5, 5.41) is 28.4. The summed E-state index contributed by atoms with van der Waals surface area (Å²) in [6.45, 7) is 1.01. The molecule has 2 unspecified atom stereocenters. The molecule has 0 aliphatic carbocycles. The van der Waals surface area contributed by atoms with E-state index >= 15 is 0 Å². The highest BCUT2D eigenvalue weighted by atomic mass is 16.6. The molecule has 1 aliphatic rings. The van der Waals surface area contributed by atoms with Crippen LogP contribution in [-0.4, -0.2) is 50.2 Å². The van der Waals surface area contributed by atoms with E-state index in [2.05, 4.69) is 4.98 Å². The number of nitrogens with one attached hydrogen (secondary N) is 2. The molecule has 0 aromatic carbocycles. The average Bonchev–Trinajstić information content (AvgIpc) is 2.56. The Morgan fingerprint density at radius 3 is 2.39 bits per heavy atom. The lowest BCUT2D eigenvalue weighted by Gasteiger charge is -2.15. The highest BCUT2D eigenvalue weighted by Crippen LogP contribution is 2.32. The van der Waals surface area contributed by atoms with Gasteiger partial charge in [-0.3, -0.25) is 9.78 Å². The van der Waals surface area contributed by atoms with Crippen LogP contribution in [0.15, 0.2) is 9.59 Å². The monoisotopic (exact) mass is 258 g/mol. The highest BCUT2D eigenvalue weighted by Gasteiger charge is 2.44. The third kappa shape index (κ3) is 1.99. The third-order valence-electron chi connectivity index (χ3n) is 3.00. The summed E-state index contributed by atoms with van der Waals surface area (Å²) in [5.41, 5.74) is -1.06. The smallest absolute Gasteiger partial charge is 0.325 e. The molecule has 8 heteroatoms. The minimum Gasteiger partial charge on any atom is -0.394 e. The Hall–Kier alpha value is -1.48. The quantitative estimate of drug-likeness (QED) is 0.398. The molecule has 0 radical (unpaired) electrons. The largest absolute Gasteiger partial charge is 0.394 e. The van der Waals surface area contributed by atoms with Crippen molar-refractivity contribution < 1.29 is 20.1 Å². The van der Waals surface area contributed by atoms with E-state index in [0.717, 1.165) is 0 Å². The molecule has 0 bridgehead atoms. The molecule has 1 fully saturated rings. The van der Waals surface area contributed by atoms with Crippen LogP contribution in [0, 0.1) is 6.92 Å². The Morgan fingerprint density at radius 1 is 1.22 bits per heavy atom. The summed E-state index contributed by atoms with van der Waals surface area (Å²) >= 11 is 0. The molecular formula is C10H14N2O6. The maximum atomic E-state index is 11.7. The van der Waals surface area contributed by atoms with E-state index in [1.54, 1.807) is 0 Å². The lowest BCUT2D eigenvalue weighted by molar-refractivity contribution is -0.0234. The summed E-state index contributed by atoms with van der Waals surface area (Å²) in [7, 11) is 0. The van der Waals surface area contributed by atoms with Crippen molar-refractivity contribution in [1.29, 1.82) is 0 Å².